The lowest BCUT2D eigenvalue weighted by atomic mass is 10.2. The second-order valence-electron chi connectivity index (χ2n) is 6.68. The van der Waals surface area contributed by atoms with Crippen molar-refractivity contribution in [1.82, 2.24) is 0 Å². The number of esters is 1. The number of amides is 3. The molecule has 0 aromatic heterocycles. The summed E-state index contributed by atoms with van der Waals surface area (Å²) in [6.07, 6.45) is -1.26. The van der Waals surface area contributed by atoms with Gasteiger partial charge in [0.15, 0.2) is 6.10 Å². The van der Waals surface area contributed by atoms with Gasteiger partial charge in [0.1, 0.15) is 11.6 Å². The molecule has 0 spiro atoms. The molecule has 3 aromatic rings. The lowest BCUT2D eigenvalue weighted by Crippen LogP contribution is -2.30. The van der Waals surface area contributed by atoms with Crippen LogP contribution in [0, 0.1) is 11.6 Å². The predicted octanol–water partition coefficient (Wildman–Crippen LogP) is 4.79. The van der Waals surface area contributed by atoms with Crippen LogP contribution in [0.1, 0.15) is 17.3 Å². The molecule has 3 rings (SSSR count). The first-order valence-corrected chi connectivity index (χ1v) is 9.52. The van der Waals surface area contributed by atoms with E-state index in [0.717, 1.165) is 18.2 Å². The first kappa shape index (κ1) is 22.4. The molecule has 0 saturated carbocycles. The van der Waals surface area contributed by atoms with Crippen molar-refractivity contribution in [3.8, 4) is 0 Å². The Balaban J connectivity index is 1.54. The Labute approximate surface area is 182 Å². The van der Waals surface area contributed by atoms with Crippen LogP contribution in [-0.4, -0.2) is 24.0 Å². The van der Waals surface area contributed by atoms with Crippen LogP contribution in [-0.2, 0) is 9.53 Å². The van der Waals surface area contributed by atoms with Gasteiger partial charge >= 0.3 is 12.0 Å². The molecule has 0 aliphatic rings. The monoisotopic (exact) mass is 439 g/mol. The Bertz CT molecular complexity index is 1120. The number of nitrogens with one attached hydrogen (secondary N) is 3. The van der Waals surface area contributed by atoms with E-state index in [-0.39, 0.29) is 11.3 Å². The average Bonchev–Trinajstić information content (AvgIpc) is 2.77. The Morgan fingerprint density at radius 2 is 1.44 bits per heavy atom. The number of anilines is 3. The zero-order valence-electron chi connectivity index (χ0n) is 16.9. The average molecular weight is 439 g/mol. The van der Waals surface area contributed by atoms with E-state index in [4.69, 9.17) is 4.74 Å². The number of carbonyl (C=O) groups excluding carboxylic acids is 3. The Kier molecular flexibility index (Phi) is 7.12. The quantitative estimate of drug-likeness (QED) is 0.481. The topological polar surface area (TPSA) is 96.5 Å². The van der Waals surface area contributed by atoms with Gasteiger partial charge in [-0.15, -0.1) is 0 Å². The summed E-state index contributed by atoms with van der Waals surface area (Å²) in [5.74, 6) is -3.17. The molecule has 3 amide bonds. The molecule has 1 atom stereocenters. The summed E-state index contributed by atoms with van der Waals surface area (Å²) in [5.41, 5.74) is 0.829. The number of hydrogen-bond donors (Lipinski definition) is 3. The highest BCUT2D eigenvalue weighted by atomic mass is 19.1. The van der Waals surface area contributed by atoms with Crippen molar-refractivity contribution in [2.75, 3.05) is 16.0 Å². The van der Waals surface area contributed by atoms with Gasteiger partial charge in [-0.05, 0) is 55.5 Å². The molecule has 0 fully saturated rings. The van der Waals surface area contributed by atoms with Crippen molar-refractivity contribution >= 4 is 35.0 Å². The number of benzene rings is 3. The Hall–Kier alpha value is -4.27. The minimum atomic E-state index is -1.26. The first-order chi connectivity index (χ1) is 15.3. The van der Waals surface area contributed by atoms with Gasteiger partial charge < -0.3 is 20.7 Å². The van der Waals surface area contributed by atoms with Crippen molar-refractivity contribution < 1.29 is 27.9 Å². The summed E-state index contributed by atoms with van der Waals surface area (Å²) < 4.78 is 31.9. The summed E-state index contributed by atoms with van der Waals surface area (Å²) in [4.78, 5) is 36.4. The van der Waals surface area contributed by atoms with Gasteiger partial charge in [-0.1, -0.05) is 18.2 Å². The number of ether oxygens (including phenoxy) is 1. The maximum absolute atomic E-state index is 13.6. The number of hydrogen-bond acceptors (Lipinski definition) is 4. The van der Waals surface area contributed by atoms with Crippen LogP contribution in [0.2, 0.25) is 0 Å². The van der Waals surface area contributed by atoms with Gasteiger partial charge in [-0.2, -0.15) is 0 Å². The molecular weight excluding hydrogens is 420 g/mol. The predicted molar refractivity (Wildman–Crippen MR) is 115 cm³/mol. The van der Waals surface area contributed by atoms with Crippen LogP contribution < -0.4 is 16.0 Å². The molecule has 7 nitrogen and oxygen atoms in total. The molecule has 3 aromatic carbocycles. The Morgan fingerprint density at radius 1 is 0.812 bits per heavy atom. The van der Waals surface area contributed by atoms with Crippen LogP contribution in [0.4, 0.5) is 30.6 Å². The fourth-order valence-electron chi connectivity index (χ4n) is 2.61. The van der Waals surface area contributed by atoms with E-state index in [0.29, 0.717) is 11.4 Å². The van der Waals surface area contributed by atoms with E-state index in [1.807, 2.05) is 6.07 Å². The smallest absolute Gasteiger partial charge is 0.338 e. The molecule has 3 N–H and O–H groups in total. The van der Waals surface area contributed by atoms with Crippen LogP contribution in [0.5, 0.6) is 0 Å². The van der Waals surface area contributed by atoms with E-state index in [2.05, 4.69) is 16.0 Å². The molecule has 0 aliphatic carbocycles. The van der Waals surface area contributed by atoms with E-state index in [1.54, 1.807) is 24.3 Å². The number of para-hydroxylation sites is 1. The van der Waals surface area contributed by atoms with E-state index >= 15 is 0 Å². The highest BCUT2D eigenvalue weighted by molar-refractivity contribution is 6.00. The van der Waals surface area contributed by atoms with Gasteiger partial charge in [0.05, 0.1) is 11.3 Å². The highest BCUT2D eigenvalue weighted by Gasteiger charge is 2.20. The van der Waals surface area contributed by atoms with Gasteiger partial charge in [-0.3, -0.25) is 4.79 Å². The molecular formula is C23H19F2N3O4. The van der Waals surface area contributed by atoms with Crippen LogP contribution in [0.3, 0.4) is 0 Å². The third kappa shape index (κ3) is 6.11. The maximum Gasteiger partial charge on any atom is 0.338 e. The molecule has 0 radical (unpaired) electrons. The van der Waals surface area contributed by atoms with Crippen molar-refractivity contribution in [1.29, 1.82) is 0 Å². The number of halogens is 2. The zero-order chi connectivity index (χ0) is 23.1. The fraction of sp³-hybridized carbons (Fsp3) is 0.0870. The second-order valence-corrected chi connectivity index (χ2v) is 6.68. The largest absolute Gasteiger partial charge is 0.449 e. The third-order valence-electron chi connectivity index (χ3n) is 4.25. The van der Waals surface area contributed by atoms with Crippen molar-refractivity contribution in [3.63, 3.8) is 0 Å². The minimum absolute atomic E-state index is 0.135. The molecule has 0 aliphatic heterocycles. The van der Waals surface area contributed by atoms with Crippen molar-refractivity contribution in [2.45, 2.75) is 13.0 Å². The molecule has 164 valence electrons. The molecule has 0 bridgehead atoms. The molecule has 0 saturated heterocycles. The lowest BCUT2D eigenvalue weighted by Gasteiger charge is -2.14. The van der Waals surface area contributed by atoms with Gasteiger partial charge in [0.25, 0.3) is 5.91 Å². The summed E-state index contributed by atoms with van der Waals surface area (Å²) >= 11 is 0. The van der Waals surface area contributed by atoms with Crippen molar-refractivity contribution in [3.05, 3.63) is 90.0 Å². The zero-order valence-corrected chi connectivity index (χ0v) is 16.9. The van der Waals surface area contributed by atoms with E-state index < -0.39 is 35.6 Å². The minimum Gasteiger partial charge on any atom is -0.449 e. The summed E-state index contributed by atoms with van der Waals surface area (Å²) in [6.45, 7) is 1.30. The molecule has 9 heteroatoms. The first-order valence-electron chi connectivity index (χ1n) is 9.52. The van der Waals surface area contributed by atoms with Gasteiger partial charge in [0.2, 0.25) is 0 Å². The fourth-order valence-corrected chi connectivity index (χ4v) is 2.61. The molecule has 32 heavy (non-hydrogen) atoms. The normalized spacial score (nSPS) is 11.2. The van der Waals surface area contributed by atoms with E-state index in [1.165, 1.54) is 31.2 Å². The lowest BCUT2D eigenvalue weighted by molar-refractivity contribution is -0.123. The van der Waals surface area contributed by atoms with Crippen LogP contribution in [0.25, 0.3) is 0 Å². The molecule has 1 unspecified atom stereocenters. The standard InChI is InChI=1S/C23H19F2N3O4/c1-14(21(29)28-20-13-16(24)9-12-19(20)25)32-22(30)15-7-10-18(11-8-15)27-23(31)26-17-5-3-2-4-6-17/h2-14H,1H3,(H,28,29)(H2,26,27,31). The summed E-state index contributed by atoms with van der Waals surface area (Å²) in [5, 5.41) is 7.45. The number of rotatable bonds is 6. The number of urea groups is 1. The summed E-state index contributed by atoms with van der Waals surface area (Å²) in [7, 11) is 0. The maximum atomic E-state index is 13.6. The SMILES string of the molecule is CC(OC(=O)c1ccc(NC(=O)Nc2ccccc2)cc1)C(=O)Nc1cc(F)ccc1F. The second kappa shape index (κ2) is 10.2. The van der Waals surface area contributed by atoms with Gasteiger partial charge in [-0.25, -0.2) is 18.4 Å². The van der Waals surface area contributed by atoms with E-state index in [9.17, 15) is 23.2 Å². The van der Waals surface area contributed by atoms with Crippen LogP contribution >= 0.6 is 0 Å². The Morgan fingerprint density at radius 3 is 2.09 bits per heavy atom. The van der Waals surface area contributed by atoms with Crippen LogP contribution in [0.15, 0.2) is 72.8 Å². The third-order valence-corrected chi connectivity index (χ3v) is 4.25. The van der Waals surface area contributed by atoms with Crippen molar-refractivity contribution in [2.24, 2.45) is 0 Å². The highest BCUT2D eigenvalue weighted by Crippen LogP contribution is 2.17. The van der Waals surface area contributed by atoms with Gasteiger partial charge in [0, 0.05) is 17.4 Å². The summed E-state index contributed by atoms with van der Waals surface area (Å²) in [6, 6.07) is 16.8. The number of carbonyl (C=O) groups is 3. The molecule has 0 heterocycles.